The standard InChI is InChI=1S/C53H45N7O13S3.3H3N/c1-30(53(63)73-54)2-27-47(61)55-29-28-48(62)56-35-11-3-31(4-12-35)49-39-19-21-41(57-39)50(32-5-13-36(14-6-32)74(64,65)66)43-23-25-45(59-43)52(34-9-17-38(18-10-34)76(70,71)72)46-26-24-44(60-46)51(42-22-20-40(49)58-42)33-7-15-37(16-8-33)75(67,68)69;;;/h3-26,30,57,60H,2,27-29,54H2,1H3,(H,55,61)(H,56,62)(H,64,65,66)(H,67,68,69)(H,70,71,72);3*1H3. The molecule has 412 valence electrons. The highest BCUT2D eigenvalue weighted by molar-refractivity contribution is 7.86. The number of fused-ring (bicyclic) bond motifs is 8. The summed E-state index contributed by atoms with van der Waals surface area (Å²) in [4.78, 5) is 57.0. The lowest BCUT2D eigenvalue weighted by Crippen LogP contribution is -2.28. The number of anilines is 1. The highest BCUT2D eigenvalue weighted by Gasteiger charge is 2.21. The molecule has 0 saturated heterocycles. The van der Waals surface area contributed by atoms with Crippen molar-refractivity contribution in [2.24, 2.45) is 11.8 Å². The molecule has 1 atom stereocenters. The predicted molar refractivity (Wildman–Crippen MR) is 297 cm³/mol. The highest BCUT2D eigenvalue weighted by atomic mass is 32.2. The van der Waals surface area contributed by atoms with Crippen LogP contribution in [0.15, 0.2) is 136 Å². The molecule has 0 saturated carbocycles. The minimum atomic E-state index is -4.82. The third kappa shape index (κ3) is 13.2. The number of nitrogens with zero attached hydrogens (tertiary/aromatic N) is 2. The Bertz CT molecular complexity index is 4000. The van der Waals surface area contributed by atoms with E-state index in [1.807, 2.05) is 0 Å². The molecule has 3 aromatic heterocycles. The van der Waals surface area contributed by atoms with E-state index in [0.717, 1.165) is 0 Å². The molecular formula is C53H54N10O13S3. The van der Waals surface area contributed by atoms with Gasteiger partial charge in [-0.25, -0.2) is 35.2 Å². The summed E-state index contributed by atoms with van der Waals surface area (Å²) >= 11 is 0. The third-order valence-corrected chi connectivity index (χ3v) is 15.1. The molecular weight excluding hydrogens is 1080 g/mol. The predicted octanol–water partition coefficient (Wildman–Crippen LogP) is 8.44. The second kappa shape index (κ2) is 24.0. The summed E-state index contributed by atoms with van der Waals surface area (Å²) in [5, 5.41) is 5.49. The molecule has 0 aliphatic carbocycles. The molecule has 8 bridgehead atoms. The number of benzene rings is 4. The van der Waals surface area contributed by atoms with Crippen LogP contribution >= 0.6 is 0 Å². The Morgan fingerprint density at radius 3 is 1.13 bits per heavy atom. The van der Waals surface area contributed by atoms with Crippen LogP contribution in [0.4, 0.5) is 5.69 Å². The molecule has 1 unspecified atom stereocenters. The quantitative estimate of drug-likeness (QED) is 0.0352. The van der Waals surface area contributed by atoms with Gasteiger partial charge in [-0.2, -0.15) is 5.90 Å². The van der Waals surface area contributed by atoms with Gasteiger partial charge in [-0.05, 0) is 126 Å². The maximum atomic E-state index is 13.0. The molecule has 23 nitrogen and oxygen atoms in total. The van der Waals surface area contributed by atoms with Gasteiger partial charge in [0.15, 0.2) is 0 Å². The molecule has 9 rings (SSSR count). The maximum Gasteiger partial charge on any atom is 0.327 e. The Morgan fingerprint density at radius 2 is 0.823 bits per heavy atom. The van der Waals surface area contributed by atoms with E-state index in [9.17, 15) is 53.3 Å². The molecule has 5 heterocycles. The number of carbonyl (C=O) groups is 3. The lowest BCUT2D eigenvalue weighted by atomic mass is 10.0. The van der Waals surface area contributed by atoms with Crippen LogP contribution < -0.4 is 35.0 Å². The van der Waals surface area contributed by atoms with Crippen LogP contribution in [0, 0.1) is 5.92 Å². The van der Waals surface area contributed by atoms with Crippen molar-refractivity contribution in [3.63, 3.8) is 0 Å². The van der Waals surface area contributed by atoms with Crippen molar-refractivity contribution in [1.82, 2.24) is 43.7 Å². The molecule has 4 aromatic carbocycles. The van der Waals surface area contributed by atoms with Gasteiger partial charge in [0.2, 0.25) is 11.8 Å². The van der Waals surface area contributed by atoms with Gasteiger partial charge in [0, 0.05) is 69.4 Å². The molecule has 2 aliphatic rings. The van der Waals surface area contributed by atoms with Crippen molar-refractivity contribution >= 4 is 100 Å². The summed E-state index contributed by atoms with van der Waals surface area (Å²) in [6, 6.07) is 30.0. The Balaban J connectivity index is 0.00000336. The zero-order chi connectivity index (χ0) is 54.1. The first kappa shape index (κ1) is 59.7. The van der Waals surface area contributed by atoms with Crippen LogP contribution in [0.3, 0.4) is 0 Å². The van der Waals surface area contributed by atoms with Gasteiger partial charge in [-0.1, -0.05) is 55.5 Å². The number of amides is 2. The van der Waals surface area contributed by atoms with Gasteiger partial charge in [-0.15, -0.1) is 0 Å². The zero-order valence-corrected chi connectivity index (χ0v) is 45.2. The molecule has 79 heavy (non-hydrogen) atoms. The molecule has 7 aromatic rings. The van der Waals surface area contributed by atoms with Crippen molar-refractivity contribution in [3.8, 4) is 44.5 Å². The molecule has 26 heteroatoms. The van der Waals surface area contributed by atoms with Gasteiger partial charge in [0.05, 0.1) is 43.4 Å². The summed E-state index contributed by atoms with van der Waals surface area (Å²) < 4.78 is 108. The van der Waals surface area contributed by atoms with Gasteiger partial charge in [0.25, 0.3) is 0 Å². The van der Waals surface area contributed by atoms with Crippen molar-refractivity contribution in [1.29, 1.82) is 0 Å². The Hall–Kier alpha value is -8.54. The van der Waals surface area contributed by atoms with Crippen LogP contribution in [-0.4, -0.2) is 83.2 Å². The fourth-order valence-electron chi connectivity index (χ4n) is 8.71. The largest absolute Gasteiger partial charge is 0.744 e. The summed E-state index contributed by atoms with van der Waals surface area (Å²) in [6.45, 7) is 1.62. The van der Waals surface area contributed by atoms with Gasteiger partial charge in [-0.3, -0.25) is 14.4 Å². The normalized spacial score (nSPS) is 12.3. The lowest BCUT2D eigenvalue weighted by molar-refractivity contribution is -0.148. The van der Waals surface area contributed by atoms with E-state index in [1.165, 1.54) is 72.8 Å². The number of carbonyl (C=O) groups excluding carboxylic acids is 3. The van der Waals surface area contributed by atoms with Crippen molar-refractivity contribution < 1.29 is 58.1 Å². The number of H-pyrrole nitrogens is 2. The maximum absolute atomic E-state index is 13.0. The van der Waals surface area contributed by atoms with E-state index in [1.54, 1.807) is 79.8 Å². The number of aromatic amines is 2. The molecule has 2 aliphatic heterocycles. The second-order valence-corrected chi connectivity index (χ2v) is 21.7. The van der Waals surface area contributed by atoms with Crippen LogP contribution in [0.1, 0.15) is 49.0 Å². The van der Waals surface area contributed by atoms with Crippen molar-refractivity contribution in [3.05, 3.63) is 144 Å². The van der Waals surface area contributed by atoms with Crippen LogP contribution in [-0.2, 0) is 49.6 Å². The molecule has 0 radical (unpaired) electrons. The lowest BCUT2D eigenvalue weighted by Gasteiger charge is -2.10. The first-order valence-electron chi connectivity index (χ1n) is 23.1. The fourth-order valence-corrected chi connectivity index (χ4v) is 10.1. The summed E-state index contributed by atoms with van der Waals surface area (Å²) in [5.74, 6) is 2.96. The van der Waals surface area contributed by atoms with Gasteiger partial charge in [0.1, 0.15) is 30.4 Å². The van der Waals surface area contributed by atoms with Crippen LogP contribution in [0.25, 0.3) is 90.9 Å². The number of rotatable bonds is 15. The smallest absolute Gasteiger partial charge is 0.327 e. The first-order chi connectivity index (χ1) is 36.1. The number of nitrogens with two attached hydrogens (primary N) is 1. The molecule has 0 spiro atoms. The average Bonchev–Trinajstić information content (AvgIpc) is 4.25. The Kier molecular flexibility index (Phi) is 18.1. The topological polar surface area (TPSA) is 449 Å². The summed E-state index contributed by atoms with van der Waals surface area (Å²) in [6.07, 6.45) is 7.17. The van der Waals surface area contributed by atoms with E-state index >= 15 is 0 Å². The van der Waals surface area contributed by atoms with Crippen LogP contribution in [0.5, 0.6) is 0 Å². The highest BCUT2D eigenvalue weighted by Crippen LogP contribution is 2.39. The SMILES string of the molecule is CC(CCC(=O)NCCC(=O)Nc1ccc(-c2c3nc(c(-c4ccc(S(=O)(=O)[O-])cc4)c4ccc([nH]4)c(-c4ccc(S(=O)(=O)[O-])cc4)c4nc(c(-c5ccc(S(=O)(=O)[O-])cc5)c5ccc2[nH]5)C=C4)C=C3)cc1)C(=O)ON.[NH4+].[NH4+].[NH4+]. The summed E-state index contributed by atoms with van der Waals surface area (Å²) in [5.41, 5.74) is 8.00. The fraction of sp³-hybridized carbons (Fsp3) is 0.113. The molecule has 18 N–H and O–H groups in total. The Labute approximate surface area is 453 Å². The number of quaternary nitrogens is 3. The monoisotopic (exact) mass is 1130 g/mol. The van der Waals surface area contributed by atoms with Crippen molar-refractivity contribution in [2.45, 2.75) is 40.9 Å². The molecule has 2 amide bonds. The minimum Gasteiger partial charge on any atom is -0.744 e. The first-order valence-corrected chi connectivity index (χ1v) is 27.3. The van der Waals surface area contributed by atoms with Gasteiger partial charge < -0.3 is 57.5 Å². The zero-order valence-electron chi connectivity index (χ0n) is 42.8. The minimum absolute atomic E-state index is 0. The number of hydrogen-bond acceptors (Lipinski definition) is 16. The van der Waals surface area contributed by atoms with E-state index < -0.39 is 56.9 Å². The Morgan fingerprint density at radius 1 is 0.506 bits per heavy atom. The third-order valence-electron chi connectivity index (χ3n) is 12.5. The van der Waals surface area contributed by atoms with E-state index in [-0.39, 0.29) is 56.1 Å². The van der Waals surface area contributed by atoms with E-state index in [0.29, 0.717) is 95.0 Å². The molecule has 0 fully saturated rings. The summed E-state index contributed by atoms with van der Waals surface area (Å²) in [7, 11) is -14.4. The number of aromatic nitrogens is 4. The van der Waals surface area contributed by atoms with E-state index in [2.05, 4.69) is 25.4 Å². The average molecular weight is 1140 g/mol. The van der Waals surface area contributed by atoms with E-state index in [4.69, 9.17) is 15.9 Å². The second-order valence-electron chi connectivity index (χ2n) is 17.5. The van der Waals surface area contributed by atoms with Crippen molar-refractivity contribution in [2.75, 3.05) is 11.9 Å². The van der Waals surface area contributed by atoms with Gasteiger partial charge >= 0.3 is 5.97 Å². The number of nitrogens with one attached hydrogen (secondary N) is 4. The van der Waals surface area contributed by atoms with Crippen LogP contribution in [0.2, 0.25) is 0 Å². The number of hydrogen-bond donors (Lipinski definition) is 8.